The lowest BCUT2D eigenvalue weighted by Gasteiger charge is -2.30. The molecule has 2 aromatic rings. The second kappa shape index (κ2) is 10.9. The molecule has 7 heteroatoms. The summed E-state index contributed by atoms with van der Waals surface area (Å²) in [6.07, 6.45) is 0.505. The summed E-state index contributed by atoms with van der Waals surface area (Å²) in [6.45, 7) is 2.06. The number of benzene rings is 2. The zero-order chi connectivity index (χ0) is 20.5. The molecule has 0 radical (unpaired) electrons. The van der Waals surface area contributed by atoms with Crippen molar-refractivity contribution in [2.75, 3.05) is 20.8 Å². The SMILES string of the molecule is CC[C@H](C(=O)NC)N(Cc1ccc(OC)cc1)C(=O)COc1ccc(I)cc1. The Hall–Kier alpha value is -2.29. The number of hydrogen-bond acceptors (Lipinski definition) is 4. The van der Waals surface area contributed by atoms with Crippen molar-refractivity contribution in [1.82, 2.24) is 10.2 Å². The number of nitrogens with one attached hydrogen (secondary N) is 1. The molecule has 0 saturated heterocycles. The molecule has 0 heterocycles. The zero-order valence-corrected chi connectivity index (χ0v) is 18.4. The van der Waals surface area contributed by atoms with Gasteiger partial charge in [0.1, 0.15) is 17.5 Å². The quantitative estimate of drug-likeness (QED) is 0.542. The van der Waals surface area contributed by atoms with E-state index >= 15 is 0 Å². The minimum absolute atomic E-state index is 0.135. The lowest BCUT2D eigenvalue weighted by atomic mass is 10.1. The van der Waals surface area contributed by atoms with E-state index in [1.807, 2.05) is 55.5 Å². The van der Waals surface area contributed by atoms with E-state index in [-0.39, 0.29) is 18.4 Å². The van der Waals surface area contributed by atoms with Gasteiger partial charge in [-0.3, -0.25) is 9.59 Å². The van der Waals surface area contributed by atoms with E-state index in [1.54, 1.807) is 19.1 Å². The van der Waals surface area contributed by atoms with E-state index in [0.717, 1.165) is 14.9 Å². The van der Waals surface area contributed by atoms with Gasteiger partial charge in [-0.1, -0.05) is 19.1 Å². The van der Waals surface area contributed by atoms with Crippen LogP contribution in [0.2, 0.25) is 0 Å². The van der Waals surface area contributed by atoms with Crippen LogP contribution in [-0.4, -0.2) is 43.5 Å². The summed E-state index contributed by atoms with van der Waals surface area (Å²) in [5.41, 5.74) is 0.908. The second-order valence-electron chi connectivity index (χ2n) is 6.15. The number of methoxy groups -OCH3 is 1. The highest BCUT2D eigenvalue weighted by Gasteiger charge is 2.28. The molecular formula is C21H25IN2O4. The Morgan fingerprint density at radius 1 is 1.07 bits per heavy atom. The van der Waals surface area contributed by atoms with Gasteiger partial charge < -0.3 is 19.7 Å². The van der Waals surface area contributed by atoms with Gasteiger partial charge in [-0.25, -0.2) is 0 Å². The first kappa shape index (κ1) is 22.0. The topological polar surface area (TPSA) is 67.9 Å². The molecule has 0 aliphatic carbocycles. The number of ether oxygens (including phenoxy) is 2. The number of halogens is 1. The Bertz CT molecular complexity index is 778. The van der Waals surface area contributed by atoms with E-state index in [9.17, 15) is 9.59 Å². The first-order valence-corrected chi connectivity index (χ1v) is 10.1. The summed E-state index contributed by atoms with van der Waals surface area (Å²) in [5, 5.41) is 2.64. The van der Waals surface area contributed by atoms with Crippen molar-refractivity contribution in [2.24, 2.45) is 0 Å². The van der Waals surface area contributed by atoms with Crippen LogP contribution in [0.25, 0.3) is 0 Å². The van der Waals surface area contributed by atoms with Gasteiger partial charge in [0.05, 0.1) is 7.11 Å². The largest absolute Gasteiger partial charge is 0.497 e. The third kappa shape index (κ3) is 6.12. The predicted octanol–water partition coefficient (Wildman–Crippen LogP) is 3.23. The van der Waals surface area contributed by atoms with Gasteiger partial charge in [0.2, 0.25) is 5.91 Å². The van der Waals surface area contributed by atoms with Crippen LogP contribution >= 0.6 is 22.6 Å². The summed E-state index contributed by atoms with van der Waals surface area (Å²) in [6, 6.07) is 14.3. The summed E-state index contributed by atoms with van der Waals surface area (Å²) in [7, 11) is 3.18. The third-order valence-corrected chi connectivity index (χ3v) is 5.04. The Morgan fingerprint density at radius 3 is 2.21 bits per heavy atom. The van der Waals surface area contributed by atoms with E-state index in [4.69, 9.17) is 9.47 Å². The number of rotatable bonds is 9. The normalized spacial score (nSPS) is 11.4. The third-order valence-electron chi connectivity index (χ3n) is 4.32. The average Bonchev–Trinajstić information content (AvgIpc) is 2.73. The molecule has 0 bridgehead atoms. The first-order chi connectivity index (χ1) is 13.5. The van der Waals surface area contributed by atoms with Gasteiger partial charge in [0, 0.05) is 17.2 Å². The molecule has 2 aromatic carbocycles. The monoisotopic (exact) mass is 496 g/mol. The zero-order valence-electron chi connectivity index (χ0n) is 16.3. The standard InChI is InChI=1S/C21H25IN2O4/c1-4-19(21(26)23-2)24(13-15-5-9-17(27-3)10-6-15)20(25)14-28-18-11-7-16(22)8-12-18/h5-12,19H,4,13-14H2,1-3H3,(H,23,26)/t19-/m1/s1. The Labute approximate surface area is 179 Å². The van der Waals surface area contributed by atoms with Crippen molar-refractivity contribution in [3.8, 4) is 11.5 Å². The van der Waals surface area contributed by atoms with E-state index in [0.29, 0.717) is 18.7 Å². The van der Waals surface area contributed by atoms with Crippen molar-refractivity contribution >= 4 is 34.4 Å². The maximum Gasteiger partial charge on any atom is 0.261 e. The van der Waals surface area contributed by atoms with Crippen LogP contribution in [0.3, 0.4) is 0 Å². The molecular weight excluding hydrogens is 471 g/mol. The summed E-state index contributed by atoms with van der Waals surface area (Å²) in [5.74, 6) is 0.914. The second-order valence-corrected chi connectivity index (χ2v) is 7.40. The lowest BCUT2D eigenvalue weighted by Crippen LogP contribution is -2.49. The number of hydrogen-bond donors (Lipinski definition) is 1. The highest BCUT2D eigenvalue weighted by Crippen LogP contribution is 2.17. The van der Waals surface area contributed by atoms with Gasteiger partial charge in [0.15, 0.2) is 6.61 Å². The molecule has 0 aromatic heterocycles. The van der Waals surface area contributed by atoms with E-state index in [1.165, 1.54) is 0 Å². The maximum absolute atomic E-state index is 12.9. The molecule has 2 rings (SSSR count). The van der Waals surface area contributed by atoms with E-state index < -0.39 is 6.04 Å². The Morgan fingerprint density at radius 2 is 1.68 bits per heavy atom. The highest BCUT2D eigenvalue weighted by molar-refractivity contribution is 14.1. The average molecular weight is 496 g/mol. The molecule has 150 valence electrons. The predicted molar refractivity (Wildman–Crippen MR) is 116 cm³/mol. The number of amides is 2. The fourth-order valence-electron chi connectivity index (χ4n) is 2.77. The van der Waals surface area contributed by atoms with Gasteiger partial charge in [-0.05, 0) is 71.0 Å². The van der Waals surface area contributed by atoms with Crippen molar-refractivity contribution in [3.63, 3.8) is 0 Å². The molecule has 0 spiro atoms. The van der Waals surface area contributed by atoms with Crippen LogP contribution in [0.5, 0.6) is 11.5 Å². The molecule has 1 atom stereocenters. The van der Waals surface area contributed by atoms with Crippen LogP contribution < -0.4 is 14.8 Å². The highest BCUT2D eigenvalue weighted by atomic mass is 127. The molecule has 0 unspecified atom stereocenters. The number of carbonyl (C=O) groups is 2. The summed E-state index contributed by atoms with van der Waals surface area (Å²) < 4.78 is 11.9. The van der Waals surface area contributed by atoms with Gasteiger partial charge in [-0.2, -0.15) is 0 Å². The van der Waals surface area contributed by atoms with Crippen molar-refractivity contribution < 1.29 is 19.1 Å². The van der Waals surface area contributed by atoms with Crippen molar-refractivity contribution in [2.45, 2.75) is 25.9 Å². The van der Waals surface area contributed by atoms with Crippen molar-refractivity contribution in [1.29, 1.82) is 0 Å². The Kier molecular flexibility index (Phi) is 8.56. The minimum atomic E-state index is -0.570. The van der Waals surface area contributed by atoms with Crippen LogP contribution in [0.1, 0.15) is 18.9 Å². The molecule has 6 nitrogen and oxygen atoms in total. The van der Waals surface area contributed by atoms with Crippen molar-refractivity contribution in [3.05, 3.63) is 57.7 Å². The lowest BCUT2D eigenvalue weighted by molar-refractivity contribution is -0.142. The molecule has 1 N–H and O–H groups in total. The van der Waals surface area contributed by atoms with Crippen LogP contribution in [0.15, 0.2) is 48.5 Å². The summed E-state index contributed by atoms with van der Waals surface area (Å²) in [4.78, 5) is 26.8. The molecule has 2 amide bonds. The van der Waals surface area contributed by atoms with Crippen LogP contribution in [0.4, 0.5) is 0 Å². The number of likely N-dealkylation sites (N-methyl/N-ethyl adjacent to an activating group) is 1. The fourth-order valence-corrected chi connectivity index (χ4v) is 3.13. The fraction of sp³-hybridized carbons (Fsp3) is 0.333. The minimum Gasteiger partial charge on any atom is -0.497 e. The van der Waals surface area contributed by atoms with E-state index in [2.05, 4.69) is 27.9 Å². The molecule has 0 fully saturated rings. The molecule has 0 aliphatic heterocycles. The first-order valence-electron chi connectivity index (χ1n) is 9.00. The van der Waals surface area contributed by atoms with Crippen LogP contribution in [-0.2, 0) is 16.1 Å². The van der Waals surface area contributed by atoms with Gasteiger partial charge in [0.25, 0.3) is 5.91 Å². The number of nitrogens with zero attached hydrogens (tertiary/aromatic N) is 1. The van der Waals surface area contributed by atoms with Gasteiger partial charge >= 0.3 is 0 Å². The Balaban J connectivity index is 2.16. The number of carbonyl (C=O) groups excluding carboxylic acids is 2. The summed E-state index contributed by atoms with van der Waals surface area (Å²) >= 11 is 2.21. The molecule has 0 saturated carbocycles. The smallest absolute Gasteiger partial charge is 0.261 e. The van der Waals surface area contributed by atoms with Gasteiger partial charge in [-0.15, -0.1) is 0 Å². The maximum atomic E-state index is 12.9. The molecule has 0 aliphatic rings. The van der Waals surface area contributed by atoms with Crippen LogP contribution in [0, 0.1) is 3.57 Å². The molecule has 28 heavy (non-hydrogen) atoms.